The first-order valence-corrected chi connectivity index (χ1v) is 9.48. The van der Waals surface area contributed by atoms with Gasteiger partial charge in [0, 0.05) is 5.69 Å². The quantitative estimate of drug-likeness (QED) is 0.682. The van der Waals surface area contributed by atoms with Crippen LogP contribution in [0.25, 0.3) is 0 Å². The van der Waals surface area contributed by atoms with Gasteiger partial charge in [-0.2, -0.15) is 11.3 Å². The molecular formula is C15H20NO3PS. The lowest BCUT2D eigenvalue weighted by Gasteiger charge is -2.20. The van der Waals surface area contributed by atoms with Crippen LogP contribution in [0.4, 0.5) is 5.69 Å². The number of benzene rings is 1. The molecule has 2 rings (SSSR count). The van der Waals surface area contributed by atoms with E-state index in [0.29, 0.717) is 17.2 Å². The lowest BCUT2D eigenvalue weighted by Crippen LogP contribution is -2.10. The Bertz CT molecular complexity index is 606. The molecule has 1 aromatic heterocycles. The van der Waals surface area contributed by atoms with Gasteiger partial charge in [-0.1, -0.05) is 26.0 Å². The van der Waals surface area contributed by atoms with Crippen LogP contribution in [0.15, 0.2) is 41.1 Å². The highest BCUT2D eigenvalue weighted by molar-refractivity contribution is 7.52. The van der Waals surface area contributed by atoms with Gasteiger partial charge in [0.2, 0.25) is 0 Å². The minimum Gasteiger partial charge on any atom is -0.368 e. The largest absolute Gasteiger partial charge is 0.368 e. The highest BCUT2D eigenvalue weighted by Gasteiger charge is 2.30. The molecule has 1 aromatic carbocycles. The van der Waals surface area contributed by atoms with Gasteiger partial charge in [0.25, 0.3) is 0 Å². The van der Waals surface area contributed by atoms with Crippen molar-refractivity contribution in [1.82, 2.24) is 0 Å². The third kappa shape index (κ3) is 4.17. The topological polar surface area (TPSA) is 69.6 Å². The molecule has 2 aromatic rings. The third-order valence-electron chi connectivity index (χ3n) is 3.59. The van der Waals surface area contributed by atoms with Crippen LogP contribution < -0.4 is 5.32 Å². The fourth-order valence-electron chi connectivity index (χ4n) is 2.09. The van der Waals surface area contributed by atoms with Gasteiger partial charge in [0.15, 0.2) is 5.78 Å². The van der Waals surface area contributed by atoms with Crippen molar-refractivity contribution in [3.8, 4) is 0 Å². The van der Waals surface area contributed by atoms with E-state index in [2.05, 4.69) is 19.2 Å². The van der Waals surface area contributed by atoms with E-state index >= 15 is 0 Å². The molecule has 0 aliphatic heterocycles. The monoisotopic (exact) mass is 325 g/mol. The van der Waals surface area contributed by atoms with Crippen LogP contribution in [-0.2, 0) is 4.57 Å². The summed E-state index contributed by atoms with van der Waals surface area (Å²) in [6, 6.07) is 9.48. The van der Waals surface area contributed by atoms with Crippen molar-refractivity contribution in [2.24, 2.45) is 0 Å². The van der Waals surface area contributed by atoms with E-state index in [9.17, 15) is 14.4 Å². The van der Waals surface area contributed by atoms with E-state index < -0.39 is 13.4 Å². The average molecular weight is 325 g/mol. The lowest BCUT2D eigenvalue weighted by molar-refractivity contribution is 0.363. The summed E-state index contributed by atoms with van der Waals surface area (Å²) in [7, 11) is -4.27. The molecule has 21 heavy (non-hydrogen) atoms. The Morgan fingerprint density at radius 2 is 1.86 bits per heavy atom. The van der Waals surface area contributed by atoms with Crippen LogP contribution in [0, 0.1) is 0 Å². The van der Waals surface area contributed by atoms with Gasteiger partial charge in [-0.25, -0.2) is 0 Å². The average Bonchev–Trinajstić information content (AvgIpc) is 2.97. The van der Waals surface area contributed by atoms with Crippen LogP contribution in [0.1, 0.15) is 43.1 Å². The van der Waals surface area contributed by atoms with Crippen LogP contribution >= 0.6 is 18.9 Å². The maximum Gasteiger partial charge on any atom is 0.352 e. The number of hydrogen-bond acceptors (Lipinski definition) is 3. The Kier molecular flexibility index (Phi) is 5.22. The summed E-state index contributed by atoms with van der Waals surface area (Å²) < 4.78 is 11.7. The van der Waals surface area contributed by atoms with Crippen molar-refractivity contribution in [3.63, 3.8) is 0 Å². The van der Waals surface area contributed by atoms with Gasteiger partial charge < -0.3 is 15.1 Å². The summed E-state index contributed by atoms with van der Waals surface area (Å²) in [5.74, 6) is -0.522. The number of rotatable bonds is 6. The van der Waals surface area contributed by atoms with Gasteiger partial charge in [-0.3, -0.25) is 4.57 Å². The number of anilines is 1. The highest BCUT2D eigenvalue weighted by Crippen LogP contribution is 2.52. The van der Waals surface area contributed by atoms with E-state index in [4.69, 9.17) is 0 Å². The number of hydrogen-bond donors (Lipinski definition) is 3. The molecular weight excluding hydrogens is 305 g/mol. The van der Waals surface area contributed by atoms with Gasteiger partial charge in [-0.05, 0) is 52.4 Å². The second-order valence-corrected chi connectivity index (χ2v) is 7.60. The second-order valence-electron chi connectivity index (χ2n) is 5.12. The molecule has 0 aliphatic carbocycles. The molecule has 0 amide bonds. The maximum atomic E-state index is 11.7. The number of nitrogens with one attached hydrogen (secondary N) is 1. The predicted molar refractivity (Wildman–Crippen MR) is 87.9 cm³/mol. The Morgan fingerprint density at radius 3 is 2.33 bits per heavy atom. The van der Waals surface area contributed by atoms with Gasteiger partial charge in [0.05, 0.1) is 0 Å². The maximum absolute atomic E-state index is 11.7. The van der Waals surface area contributed by atoms with Crippen LogP contribution in [0.3, 0.4) is 0 Å². The first-order chi connectivity index (χ1) is 9.91. The molecule has 0 saturated carbocycles. The third-order valence-corrected chi connectivity index (χ3v) is 5.39. The van der Waals surface area contributed by atoms with Crippen LogP contribution in [0.5, 0.6) is 0 Å². The molecule has 114 valence electrons. The fourth-order valence-corrected chi connectivity index (χ4v) is 3.75. The van der Waals surface area contributed by atoms with E-state index in [0.717, 1.165) is 6.42 Å². The van der Waals surface area contributed by atoms with Crippen molar-refractivity contribution in [1.29, 1.82) is 0 Å². The standard InChI is InChI=1S/C15H20NO3PS/c1-3-11(2)12-4-6-14(7-5-12)16-15(20(17,18)19)13-8-9-21-10-13/h4-11,15-16H,3H2,1-2H3,(H2,17,18,19)/t11-,15-/m0/s1. The molecule has 0 bridgehead atoms. The molecule has 0 fully saturated rings. The van der Waals surface area contributed by atoms with Gasteiger partial charge >= 0.3 is 7.60 Å². The van der Waals surface area contributed by atoms with Crippen molar-refractivity contribution in [2.45, 2.75) is 32.0 Å². The molecule has 1 heterocycles. The lowest BCUT2D eigenvalue weighted by atomic mass is 9.99. The molecule has 0 spiro atoms. The Morgan fingerprint density at radius 1 is 1.19 bits per heavy atom. The van der Waals surface area contributed by atoms with Crippen molar-refractivity contribution in [2.75, 3.05) is 5.32 Å². The summed E-state index contributed by atoms with van der Waals surface area (Å²) >= 11 is 1.42. The Labute approximate surface area is 129 Å². The summed E-state index contributed by atoms with van der Waals surface area (Å²) in [6.07, 6.45) is 1.06. The van der Waals surface area contributed by atoms with E-state index in [1.54, 1.807) is 11.4 Å². The van der Waals surface area contributed by atoms with E-state index in [-0.39, 0.29) is 0 Å². The van der Waals surface area contributed by atoms with Gasteiger partial charge in [-0.15, -0.1) is 0 Å². The van der Waals surface area contributed by atoms with Crippen LogP contribution in [-0.4, -0.2) is 9.79 Å². The minimum absolute atomic E-state index is 0.480. The molecule has 0 aliphatic rings. The summed E-state index contributed by atoms with van der Waals surface area (Å²) in [5.41, 5.74) is 2.55. The predicted octanol–water partition coefficient (Wildman–Crippen LogP) is 4.55. The molecule has 4 nitrogen and oxygen atoms in total. The summed E-state index contributed by atoms with van der Waals surface area (Å²) in [4.78, 5) is 19.1. The zero-order chi connectivity index (χ0) is 15.5. The van der Waals surface area contributed by atoms with Crippen molar-refractivity contribution in [3.05, 3.63) is 52.2 Å². The second kappa shape index (κ2) is 6.75. The Hall–Kier alpha value is -1.13. The number of thiophene rings is 1. The van der Waals surface area contributed by atoms with Gasteiger partial charge in [0.1, 0.15) is 0 Å². The van der Waals surface area contributed by atoms with E-state index in [1.807, 2.05) is 29.6 Å². The van der Waals surface area contributed by atoms with E-state index in [1.165, 1.54) is 16.9 Å². The molecule has 3 N–H and O–H groups in total. The normalized spacial score (nSPS) is 14.7. The molecule has 0 unspecified atom stereocenters. The first-order valence-electron chi connectivity index (χ1n) is 6.85. The van der Waals surface area contributed by atoms with Crippen molar-refractivity contribution >= 4 is 24.6 Å². The SMILES string of the molecule is CC[C@H](C)c1ccc(N[C@H](c2ccsc2)P(=O)(O)O)cc1. The molecule has 0 radical (unpaired) electrons. The molecule has 2 atom stereocenters. The fraction of sp³-hybridized carbons (Fsp3) is 0.333. The molecule has 6 heteroatoms. The summed E-state index contributed by atoms with van der Waals surface area (Å²) in [5, 5.41) is 6.51. The minimum atomic E-state index is -4.27. The zero-order valence-corrected chi connectivity index (χ0v) is 13.8. The first kappa shape index (κ1) is 16.2. The zero-order valence-electron chi connectivity index (χ0n) is 12.1. The Balaban J connectivity index is 2.20. The highest BCUT2D eigenvalue weighted by atomic mass is 32.1. The van der Waals surface area contributed by atoms with Crippen LogP contribution in [0.2, 0.25) is 0 Å². The smallest absolute Gasteiger partial charge is 0.352 e. The molecule has 0 saturated heterocycles. The summed E-state index contributed by atoms with van der Waals surface area (Å²) in [6.45, 7) is 4.30. The van der Waals surface area contributed by atoms with Crippen molar-refractivity contribution < 1.29 is 14.4 Å².